The van der Waals surface area contributed by atoms with Crippen LogP contribution >= 0.6 is 0 Å². The smallest absolute Gasteiger partial charge is 0.326 e. The first-order chi connectivity index (χ1) is 9.13. The van der Waals surface area contributed by atoms with Gasteiger partial charge in [0.05, 0.1) is 0 Å². The summed E-state index contributed by atoms with van der Waals surface area (Å²) in [5.74, 6) is -0.540. The monoisotopic (exact) mass is 271 g/mol. The van der Waals surface area contributed by atoms with Crippen LogP contribution in [0.15, 0.2) is 0 Å². The molecule has 5 heteroatoms. The molecule has 0 saturated carbocycles. The van der Waals surface area contributed by atoms with Crippen molar-refractivity contribution >= 4 is 11.9 Å². The Labute approximate surface area is 114 Å². The number of unbranched alkanes of at least 4 members (excludes halogenated alkanes) is 1. The van der Waals surface area contributed by atoms with Gasteiger partial charge in [-0.2, -0.15) is 0 Å². The Bertz CT molecular complexity index is 287. The summed E-state index contributed by atoms with van der Waals surface area (Å²) in [6, 6.07) is -0.734. The van der Waals surface area contributed by atoms with Gasteiger partial charge in [-0.15, -0.1) is 0 Å². The van der Waals surface area contributed by atoms with Crippen molar-refractivity contribution in [2.45, 2.75) is 57.9 Å². The summed E-state index contributed by atoms with van der Waals surface area (Å²) in [7, 11) is 0. The molecule has 0 aromatic carbocycles. The van der Waals surface area contributed by atoms with Crippen LogP contribution in [0.1, 0.15) is 51.9 Å². The Morgan fingerprint density at radius 3 is 2.63 bits per heavy atom. The summed E-state index contributed by atoms with van der Waals surface area (Å²) >= 11 is 0. The van der Waals surface area contributed by atoms with Crippen LogP contribution in [0.2, 0.25) is 0 Å². The molecule has 1 aliphatic heterocycles. The molecule has 1 heterocycles. The predicted molar refractivity (Wildman–Crippen MR) is 71.9 cm³/mol. The highest BCUT2D eigenvalue weighted by atomic mass is 16.5. The lowest BCUT2D eigenvalue weighted by atomic mass is 9.95. The van der Waals surface area contributed by atoms with Gasteiger partial charge in [-0.05, 0) is 31.6 Å². The molecule has 5 nitrogen and oxygen atoms in total. The maximum absolute atomic E-state index is 11.8. The quantitative estimate of drug-likeness (QED) is 0.707. The molecule has 1 amide bonds. The van der Waals surface area contributed by atoms with Crippen molar-refractivity contribution in [3.05, 3.63) is 0 Å². The maximum Gasteiger partial charge on any atom is 0.326 e. The average molecular weight is 271 g/mol. The summed E-state index contributed by atoms with van der Waals surface area (Å²) in [5, 5.41) is 11.7. The number of aliphatic carboxylic acids is 1. The van der Waals surface area contributed by atoms with Gasteiger partial charge in [-0.1, -0.05) is 19.8 Å². The van der Waals surface area contributed by atoms with E-state index in [-0.39, 0.29) is 5.91 Å². The van der Waals surface area contributed by atoms with Crippen LogP contribution in [0.4, 0.5) is 0 Å². The fraction of sp³-hybridized carbons (Fsp3) is 0.857. The SMILES string of the molecule is CCCC[C@H](NC(=O)CCC1CCOCC1)C(=O)O. The zero-order valence-electron chi connectivity index (χ0n) is 11.7. The van der Waals surface area contributed by atoms with Crippen molar-refractivity contribution in [1.82, 2.24) is 5.32 Å². The number of carboxylic acid groups (broad SMARTS) is 1. The zero-order chi connectivity index (χ0) is 14.1. The Morgan fingerprint density at radius 2 is 2.05 bits per heavy atom. The summed E-state index contributed by atoms with van der Waals surface area (Å²) < 4.78 is 5.27. The van der Waals surface area contributed by atoms with Crippen LogP contribution < -0.4 is 5.32 Å². The van der Waals surface area contributed by atoms with Crippen molar-refractivity contribution in [2.75, 3.05) is 13.2 Å². The lowest BCUT2D eigenvalue weighted by Gasteiger charge is -2.22. The Hall–Kier alpha value is -1.10. The van der Waals surface area contributed by atoms with Crippen LogP contribution in [-0.2, 0) is 14.3 Å². The van der Waals surface area contributed by atoms with Gasteiger partial charge in [0.2, 0.25) is 5.91 Å². The van der Waals surface area contributed by atoms with Crippen molar-refractivity contribution in [1.29, 1.82) is 0 Å². The Balaban J connectivity index is 2.25. The molecule has 0 unspecified atom stereocenters. The summed E-state index contributed by atoms with van der Waals surface area (Å²) in [6.45, 7) is 3.56. The van der Waals surface area contributed by atoms with E-state index in [1.165, 1.54) is 0 Å². The summed E-state index contributed by atoms with van der Waals surface area (Å²) in [6.07, 6.45) is 5.51. The predicted octanol–water partition coefficient (Wildman–Crippen LogP) is 1.95. The van der Waals surface area contributed by atoms with E-state index in [0.717, 1.165) is 45.3 Å². The minimum Gasteiger partial charge on any atom is -0.480 e. The van der Waals surface area contributed by atoms with Gasteiger partial charge in [-0.3, -0.25) is 4.79 Å². The summed E-state index contributed by atoms with van der Waals surface area (Å²) in [4.78, 5) is 22.8. The Morgan fingerprint density at radius 1 is 1.37 bits per heavy atom. The number of nitrogens with one attached hydrogen (secondary N) is 1. The van der Waals surface area contributed by atoms with E-state index in [0.29, 0.717) is 18.8 Å². The number of rotatable bonds is 8. The van der Waals surface area contributed by atoms with Gasteiger partial charge in [0.15, 0.2) is 0 Å². The van der Waals surface area contributed by atoms with Crippen molar-refractivity contribution in [2.24, 2.45) is 5.92 Å². The van der Waals surface area contributed by atoms with E-state index in [1.807, 2.05) is 6.92 Å². The molecular weight excluding hydrogens is 246 g/mol. The highest BCUT2D eigenvalue weighted by molar-refractivity contribution is 5.83. The van der Waals surface area contributed by atoms with Crippen LogP contribution in [-0.4, -0.2) is 36.2 Å². The number of carbonyl (C=O) groups is 2. The first-order valence-corrected chi connectivity index (χ1v) is 7.23. The lowest BCUT2D eigenvalue weighted by molar-refractivity contribution is -0.142. The highest BCUT2D eigenvalue weighted by Gasteiger charge is 2.20. The van der Waals surface area contributed by atoms with Crippen molar-refractivity contribution in [3.63, 3.8) is 0 Å². The molecule has 0 aromatic heterocycles. The third-order valence-corrected chi connectivity index (χ3v) is 3.60. The van der Waals surface area contributed by atoms with Crippen LogP contribution in [0.5, 0.6) is 0 Å². The van der Waals surface area contributed by atoms with Crippen molar-refractivity contribution in [3.8, 4) is 0 Å². The van der Waals surface area contributed by atoms with Gasteiger partial charge < -0.3 is 15.2 Å². The molecule has 0 bridgehead atoms. The second-order valence-corrected chi connectivity index (χ2v) is 5.19. The molecule has 1 saturated heterocycles. The molecule has 19 heavy (non-hydrogen) atoms. The third-order valence-electron chi connectivity index (χ3n) is 3.60. The van der Waals surface area contributed by atoms with E-state index >= 15 is 0 Å². The molecule has 1 atom stereocenters. The highest BCUT2D eigenvalue weighted by Crippen LogP contribution is 2.19. The Kier molecular flexibility index (Phi) is 7.48. The lowest BCUT2D eigenvalue weighted by Crippen LogP contribution is -2.40. The first-order valence-electron chi connectivity index (χ1n) is 7.23. The van der Waals surface area contributed by atoms with E-state index in [9.17, 15) is 9.59 Å². The van der Waals surface area contributed by atoms with E-state index < -0.39 is 12.0 Å². The van der Waals surface area contributed by atoms with Gasteiger partial charge >= 0.3 is 5.97 Å². The largest absolute Gasteiger partial charge is 0.480 e. The number of carboxylic acids is 1. The number of carbonyl (C=O) groups excluding carboxylic acids is 1. The summed E-state index contributed by atoms with van der Waals surface area (Å²) in [5.41, 5.74) is 0. The van der Waals surface area contributed by atoms with E-state index in [2.05, 4.69) is 5.32 Å². The van der Waals surface area contributed by atoms with E-state index in [1.54, 1.807) is 0 Å². The van der Waals surface area contributed by atoms with E-state index in [4.69, 9.17) is 9.84 Å². The molecule has 1 fully saturated rings. The number of hydrogen-bond donors (Lipinski definition) is 2. The second kappa shape index (κ2) is 8.91. The molecule has 0 aliphatic carbocycles. The standard InChI is InChI=1S/C14H25NO4/c1-2-3-4-12(14(17)18)15-13(16)6-5-11-7-9-19-10-8-11/h11-12H,2-10H2,1H3,(H,15,16)(H,17,18)/t12-/m0/s1. The van der Waals surface area contributed by atoms with Crippen LogP contribution in [0, 0.1) is 5.92 Å². The molecule has 1 rings (SSSR count). The molecule has 0 aromatic rings. The molecule has 0 radical (unpaired) electrons. The topological polar surface area (TPSA) is 75.6 Å². The molecule has 2 N–H and O–H groups in total. The van der Waals surface area contributed by atoms with Gasteiger partial charge in [-0.25, -0.2) is 4.79 Å². The molecular formula is C14H25NO4. The van der Waals surface area contributed by atoms with Crippen LogP contribution in [0.3, 0.4) is 0 Å². The molecule has 0 spiro atoms. The minimum atomic E-state index is -0.937. The normalized spacial score (nSPS) is 17.9. The van der Waals surface area contributed by atoms with Crippen molar-refractivity contribution < 1.29 is 19.4 Å². The first kappa shape index (κ1) is 16.0. The minimum absolute atomic E-state index is 0.144. The average Bonchev–Trinajstić information content (AvgIpc) is 2.42. The van der Waals surface area contributed by atoms with Crippen LogP contribution in [0.25, 0.3) is 0 Å². The maximum atomic E-state index is 11.8. The fourth-order valence-corrected chi connectivity index (χ4v) is 2.30. The second-order valence-electron chi connectivity index (χ2n) is 5.19. The van der Waals surface area contributed by atoms with Gasteiger partial charge in [0, 0.05) is 19.6 Å². The van der Waals surface area contributed by atoms with Gasteiger partial charge in [0.25, 0.3) is 0 Å². The molecule has 110 valence electrons. The number of amides is 1. The van der Waals surface area contributed by atoms with Gasteiger partial charge in [0.1, 0.15) is 6.04 Å². The number of ether oxygens (including phenoxy) is 1. The number of hydrogen-bond acceptors (Lipinski definition) is 3. The third kappa shape index (κ3) is 6.57. The molecule has 1 aliphatic rings. The zero-order valence-corrected chi connectivity index (χ0v) is 11.7. The fourth-order valence-electron chi connectivity index (χ4n) is 2.30.